The van der Waals surface area contributed by atoms with Gasteiger partial charge < -0.3 is 10.1 Å². The van der Waals surface area contributed by atoms with Gasteiger partial charge in [0.05, 0.1) is 6.61 Å². The van der Waals surface area contributed by atoms with Crippen LogP contribution in [0, 0.1) is 6.92 Å². The molecule has 2 aromatic carbocycles. The van der Waals surface area contributed by atoms with Crippen molar-refractivity contribution >= 4 is 27.5 Å². The standard InChI is InChI=1S/C16H14BrNO2/c1-10-2-3-12(17)9-14(10)16(19)18-13-4-5-15-11(8-13)6-7-20-15/h2-5,8-9H,6-7H2,1H3,(H,18,19). The molecular formula is C16H14BrNO2. The second-order valence-electron chi connectivity index (χ2n) is 4.83. The van der Waals surface area contributed by atoms with Crippen LogP contribution >= 0.6 is 15.9 Å². The van der Waals surface area contributed by atoms with Crippen LogP contribution < -0.4 is 10.1 Å². The van der Waals surface area contributed by atoms with Crippen LogP contribution in [-0.4, -0.2) is 12.5 Å². The second kappa shape index (κ2) is 5.29. The summed E-state index contributed by atoms with van der Waals surface area (Å²) in [5, 5.41) is 2.94. The summed E-state index contributed by atoms with van der Waals surface area (Å²) in [5.74, 6) is 0.823. The van der Waals surface area contributed by atoms with E-state index in [0.717, 1.165) is 40.1 Å². The third-order valence-electron chi connectivity index (χ3n) is 3.39. The molecule has 2 aromatic rings. The summed E-state index contributed by atoms with van der Waals surface area (Å²) in [6, 6.07) is 11.4. The number of carbonyl (C=O) groups is 1. The minimum absolute atomic E-state index is 0.0948. The Bertz CT molecular complexity index is 682. The van der Waals surface area contributed by atoms with Crippen molar-refractivity contribution in [3.05, 3.63) is 57.6 Å². The molecule has 0 fully saturated rings. The molecule has 102 valence electrons. The highest BCUT2D eigenvalue weighted by atomic mass is 79.9. The molecule has 1 aliphatic rings. The van der Waals surface area contributed by atoms with Gasteiger partial charge in [0.25, 0.3) is 5.91 Å². The van der Waals surface area contributed by atoms with Crippen LogP contribution in [0.25, 0.3) is 0 Å². The van der Waals surface area contributed by atoms with Gasteiger partial charge in [-0.3, -0.25) is 4.79 Å². The molecule has 0 saturated carbocycles. The van der Waals surface area contributed by atoms with E-state index < -0.39 is 0 Å². The van der Waals surface area contributed by atoms with Crippen molar-refractivity contribution in [1.82, 2.24) is 0 Å². The van der Waals surface area contributed by atoms with E-state index in [1.165, 1.54) is 0 Å². The lowest BCUT2D eigenvalue weighted by Crippen LogP contribution is -2.13. The van der Waals surface area contributed by atoms with E-state index in [-0.39, 0.29) is 5.91 Å². The minimum atomic E-state index is -0.0948. The van der Waals surface area contributed by atoms with Crippen LogP contribution in [-0.2, 0) is 6.42 Å². The van der Waals surface area contributed by atoms with Crippen molar-refractivity contribution in [2.24, 2.45) is 0 Å². The number of hydrogen-bond donors (Lipinski definition) is 1. The Hall–Kier alpha value is -1.81. The van der Waals surface area contributed by atoms with Crippen molar-refractivity contribution in [3.8, 4) is 5.75 Å². The average Bonchev–Trinajstić information content (AvgIpc) is 2.89. The molecule has 0 aromatic heterocycles. The zero-order valence-corrected chi connectivity index (χ0v) is 12.7. The Morgan fingerprint density at radius 2 is 2.10 bits per heavy atom. The number of carbonyl (C=O) groups excluding carboxylic acids is 1. The average molecular weight is 332 g/mol. The number of amides is 1. The van der Waals surface area contributed by atoms with Crippen molar-refractivity contribution in [2.75, 3.05) is 11.9 Å². The summed E-state index contributed by atoms with van der Waals surface area (Å²) in [7, 11) is 0. The fourth-order valence-corrected chi connectivity index (χ4v) is 2.66. The predicted molar refractivity (Wildman–Crippen MR) is 82.5 cm³/mol. The molecule has 1 aliphatic heterocycles. The Labute approximate surface area is 126 Å². The van der Waals surface area contributed by atoms with Gasteiger partial charge in [-0.25, -0.2) is 0 Å². The van der Waals surface area contributed by atoms with E-state index in [0.29, 0.717) is 5.56 Å². The molecular weight excluding hydrogens is 318 g/mol. The molecule has 1 N–H and O–H groups in total. The zero-order chi connectivity index (χ0) is 14.1. The van der Waals surface area contributed by atoms with E-state index in [1.807, 2.05) is 43.3 Å². The smallest absolute Gasteiger partial charge is 0.255 e. The summed E-state index contributed by atoms with van der Waals surface area (Å²) >= 11 is 3.39. The second-order valence-corrected chi connectivity index (χ2v) is 5.75. The normalized spacial score (nSPS) is 12.7. The molecule has 3 rings (SSSR count). The molecule has 20 heavy (non-hydrogen) atoms. The van der Waals surface area contributed by atoms with Crippen LogP contribution in [0.3, 0.4) is 0 Å². The van der Waals surface area contributed by atoms with E-state index in [4.69, 9.17) is 4.74 Å². The maximum Gasteiger partial charge on any atom is 0.255 e. The molecule has 3 nitrogen and oxygen atoms in total. The summed E-state index contributed by atoms with van der Waals surface area (Å²) in [4.78, 5) is 12.3. The molecule has 0 atom stereocenters. The van der Waals surface area contributed by atoms with Crippen LogP contribution in [0.1, 0.15) is 21.5 Å². The maximum absolute atomic E-state index is 12.3. The fraction of sp³-hybridized carbons (Fsp3) is 0.188. The predicted octanol–water partition coefficient (Wildman–Crippen LogP) is 3.94. The monoisotopic (exact) mass is 331 g/mol. The van der Waals surface area contributed by atoms with Gasteiger partial charge >= 0.3 is 0 Å². The van der Waals surface area contributed by atoms with Crippen LogP contribution in [0.2, 0.25) is 0 Å². The van der Waals surface area contributed by atoms with Gasteiger partial charge in [-0.1, -0.05) is 22.0 Å². The van der Waals surface area contributed by atoms with Gasteiger partial charge in [-0.2, -0.15) is 0 Å². The Morgan fingerprint density at radius 1 is 1.25 bits per heavy atom. The number of ether oxygens (including phenoxy) is 1. The number of benzene rings is 2. The largest absolute Gasteiger partial charge is 0.493 e. The molecule has 4 heteroatoms. The SMILES string of the molecule is Cc1ccc(Br)cc1C(=O)Nc1ccc2c(c1)CCO2. The number of nitrogens with one attached hydrogen (secondary N) is 1. The quantitative estimate of drug-likeness (QED) is 0.904. The van der Waals surface area contributed by atoms with Crippen molar-refractivity contribution in [1.29, 1.82) is 0 Å². The van der Waals surface area contributed by atoms with E-state index in [2.05, 4.69) is 21.2 Å². The first-order chi connectivity index (χ1) is 9.63. The summed E-state index contributed by atoms with van der Waals surface area (Å²) in [6.45, 7) is 2.65. The lowest BCUT2D eigenvalue weighted by atomic mass is 10.1. The van der Waals surface area contributed by atoms with Gasteiger partial charge in [0.1, 0.15) is 5.75 Å². The molecule has 0 bridgehead atoms. The first-order valence-electron chi connectivity index (χ1n) is 6.47. The van der Waals surface area contributed by atoms with Gasteiger partial charge in [-0.15, -0.1) is 0 Å². The maximum atomic E-state index is 12.3. The Balaban J connectivity index is 1.84. The topological polar surface area (TPSA) is 38.3 Å². The molecule has 0 unspecified atom stereocenters. The molecule has 0 spiro atoms. The first kappa shape index (κ1) is 13.2. The van der Waals surface area contributed by atoms with E-state index in [1.54, 1.807) is 0 Å². The number of anilines is 1. The van der Waals surface area contributed by atoms with Crippen molar-refractivity contribution in [3.63, 3.8) is 0 Å². The molecule has 0 aliphatic carbocycles. The highest BCUT2D eigenvalue weighted by molar-refractivity contribution is 9.10. The van der Waals surface area contributed by atoms with E-state index in [9.17, 15) is 4.79 Å². The number of aryl methyl sites for hydroxylation is 1. The highest BCUT2D eigenvalue weighted by Crippen LogP contribution is 2.28. The number of halogens is 1. The summed E-state index contributed by atoms with van der Waals surface area (Å²) < 4.78 is 6.36. The van der Waals surface area contributed by atoms with Gasteiger partial charge in [-0.05, 0) is 48.4 Å². The van der Waals surface area contributed by atoms with Crippen LogP contribution in [0.5, 0.6) is 5.75 Å². The number of hydrogen-bond acceptors (Lipinski definition) is 2. The molecule has 0 radical (unpaired) electrons. The third kappa shape index (κ3) is 2.56. The fourth-order valence-electron chi connectivity index (χ4n) is 2.30. The zero-order valence-electron chi connectivity index (χ0n) is 11.1. The van der Waals surface area contributed by atoms with Gasteiger partial charge in [0.2, 0.25) is 0 Å². The first-order valence-corrected chi connectivity index (χ1v) is 7.26. The molecule has 1 amide bonds. The van der Waals surface area contributed by atoms with E-state index >= 15 is 0 Å². The Morgan fingerprint density at radius 3 is 2.95 bits per heavy atom. The highest BCUT2D eigenvalue weighted by Gasteiger charge is 2.14. The number of fused-ring (bicyclic) bond motifs is 1. The molecule has 1 heterocycles. The number of rotatable bonds is 2. The molecule has 0 saturated heterocycles. The van der Waals surface area contributed by atoms with Crippen LogP contribution in [0.4, 0.5) is 5.69 Å². The van der Waals surface area contributed by atoms with Crippen molar-refractivity contribution in [2.45, 2.75) is 13.3 Å². The summed E-state index contributed by atoms with van der Waals surface area (Å²) in [5.41, 5.74) is 3.58. The third-order valence-corrected chi connectivity index (χ3v) is 3.88. The summed E-state index contributed by atoms with van der Waals surface area (Å²) in [6.07, 6.45) is 0.898. The van der Waals surface area contributed by atoms with Crippen LogP contribution in [0.15, 0.2) is 40.9 Å². The van der Waals surface area contributed by atoms with Gasteiger partial charge in [0, 0.05) is 22.1 Å². The minimum Gasteiger partial charge on any atom is -0.493 e. The Kier molecular flexibility index (Phi) is 3.49. The van der Waals surface area contributed by atoms with Crippen molar-refractivity contribution < 1.29 is 9.53 Å². The lowest BCUT2D eigenvalue weighted by Gasteiger charge is -2.09. The van der Waals surface area contributed by atoms with Gasteiger partial charge in [0.15, 0.2) is 0 Å². The lowest BCUT2D eigenvalue weighted by molar-refractivity contribution is 0.102.